The zero-order valence-electron chi connectivity index (χ0n) is 11.1. The lowest BCUT2D eigenvalue weighted by molar-refractivity contribution is 0.0637. The van der Waals surface area contributed by atoms with Crippen LogP contribution in [-0.4, -0.2) is 40.1 Å². The maximum Gasteiger partial charge on any atom is 0.374 e. The third kappa shape index (κ3) is 2.94. The van der Waals surface area contributed by atoms with E-state index in [1.807, 2.05) is 0 Å². The van der Waals surface area contributed by atoms with Crippen LogP contribution in [0, 0.1) is 5.92 Å². The lowest BCUT2D eigenvalue weighted by Gasteiger charge is -2.33. The molecule has 0 spiro atoms. The number of aromatic nitrogens is 1. The Kier molecular flexibility index (Phi) is 3.87. The zero-order valence-corrected chi connectivity index (χ0v) is 11.1. The van der Waals surface area contributed by atoms with Gasteiger partial charge in [-0.3, -0.25) is 4.79 Å². The van der Waals surface area contributed by atoms with E-state index in [0.717, 1.165) is 19.3 Å². The summed E-state index contributed by atoms with van der Waals surface area (Å²) in [6.07, 6.45) is 4.27. The SMILES string of the molecule is CC1CCCC(N(C)C(=O)c2cc(C(=O)O)on2)C1. The average Bonchev–Trinajstić information content (AvgIpc) is 2.86. The molecule has 2 rings (SSSR count). The van der Waals surface area contributed by atoms with Crippen LogP contribution in [0.5, 0.6) is 0 Å². The normalized spacial score (nSPS) is 23.1. The van der Waals surface area contributed by atoms with Gasteiger partial charge in [0.05, 0.1) is 0 Å². The first-order chi connectivity index (χ1) is 8.99. The van der Waals surface area contributed by atoms with Gasteiger partial charge < -0.3 is 14.5 Å². The first kappa shape index (κ1) is 13.6. The summed E-state index contributed by atoms with van der Waals surface area (Å²) in [7, 11) is 1.74. The van der Waals surface area contributed by atoms with Crippen molar-refractivity contribution in [1.82, 2.24) is 10.1 Å². The molecule has 0 radical (unpaired) electrons. The van der Waals surface area contributed by atoms with E-state index in [1.54, 1.807) is 11.9 Å². The highest BCUT2D eigenvalue weighted by atomic mass is 16.5. The van der Waals surface area contributed by atoms with Crippen molar-refractivity contribution in [1.29, 1.82) is 0 Å². The lowest BCUT2D eigenvalue weighted by Crippen LogP contribution is -2.39. The maximum absolute atomic E-state index is 12.2. The summed E-state index contributed by atoms with van der Waals surface area (Å²) in [5.74, 6) is -1.20. The molecule has 1 fully saturated rings. The highest BCUT2D eigenvalue weighted by molar-refractivity contribution is 5.94. The number of amides is 1. The Labute approximate surface area is 111 Å². The minimum atomic E-state index is -1.22. The van der Waals surface area contributed by atoms with Crippen molar-refractivity contribution in [3.8, 4) is 0 Å². The first-order valence-electron chi connectivity index (χ1n) is 6.46. The number of hydrogen-bond acceptors (Lipinski definition) is 4. The number of carbonyl (C=O) groups is 2. The number of rotatable bonds is 3. The molecule has 1 saturated carbocycles. The second-order valence-corrected chi connectivity index (χ2v) is 5.22. The van der Waals surface area contributed by atoms with E-state index in [9.17, 15) is 9.59 Å². The highest BCUT2D eigenvalue weighted by Crippen LogP contribution is 2.27. The van der Waals surface area contributed by atoms with Crippen LogP contribution in [0.1, 0.15) is 53.7 Å². The predicted octanol–water partition coefficient (Wildman–Crippen LogP) is 2.02. The van der Waals surface area contributed by atoms with Gasteiger partial charge in [0.2, 0.25) is 5.76 Å². The second-order valence-electron chi connectivity index (χ2n) is 5.22. The Balaban J connectivity index is 2.07. The Morgan fingerprint density at radius 2 is 2.21 bits per heavy atom. The monoisotopic (exact) mass is 266 g/mol. The van der Waals surface area contributed by atoms with Gasteiger partial charge in [-0.15, -0.1) is 0 Å². The smallest absolute Gasteiger partial charge is 0.374 e. The number of carbonyl (C=O) groups excluding carboxylic acids is 1. The Hall–Kier alpha value is -1.85. The molecular formula is C13H18N2O4. The number of carboxylic acids is 1. The van der Waals surface area contributed by atoms with Gasteiger partial charge in [-0.25, -0.2) is 4.79 Å². The number of hydrogen-bond donors (Lipinski definition) is 1. The molecule has 0 saturated heterocycles. The predicted molar refractivity (Wildman–Crippen MR) is 67.0 cm³/mol. The molecule has 19 heavy (non-hydrogen) atoms. The molecule has 104 valence electrons. The zero-order chi connectivity index (χ0) is 14.0. The van der Waals surface area contributed by atoms with Crippen molar-refractivity contribution in [3.63, 3.8) is 0 Å². The van der Waals surface area contributed by atoms with Crippen molar-refractivity contribution >= 4 is 11.9 Å². The van der Waals surface area contributed by atoms with E-state index in [1.165, 1.54) is 12.5 Å². The van der Waals surface area contributed by atoms with Gasteiger partial charge in [-0.1, -0.05) is 24.9 Å². The molecule has 1 amide bonds. The van der Waals surface area contributed by atoms with Crippen LogP contribution in [0.15, 0.2) is 10.6 Å². The second kappa shape index (κ2) is 5.42. The molecule has 1 heterocycles. The lowest BCUT2D eigenvalue weighted by atomic mass is 9.86. The Morgan fingerprint density at radius 3 is 2.79 bits per heavy atom. The van der Waals surface area contributed by atoms with Gasteiger partial charge in [-0.2, -0.15) is 0 Å². The van der Waals surface area contributed by atoms with E-state index >= 15 is 0 Å². The van der Waals surface area contributed by atoms with Crippen LogP contribution in [0.2, 0.25) is 0 Å². The third-order valence-electron chi connectivity index (χ3n) is 3.72. The molecule has 0 bridgehead atoms. The fourth-order valence-corrected chi connectivity index (χ4v) is 2.58. The quantitative estimate of drug-likeness (QED) is 0.904. The van der Waals surface area contributed by atoms with E-state index in [4.69, 9.17) is 5.11 Å². The van der Waals surface area contributed by atoms with Crippen molar-refractivity contribution in [2.45, 2.75) is 38.6 Å². The van der Waals surface area contributed by atoms with Gasteiger partial charge in [0, 0.05) is 19.2 Å². The van der Waals surface area contributed by atoms with E-state index in [-0.39, 0.29) is 23.4 Å². The summed E-state index contributed by atoms with van der Waals surface area (Å²) in [4.78, 5) is 24.5. The standard InChI is InChI=1S/C13H18N2O4/c1-8-4-3-5-9(6-8)15(2)12(16)10-7-11(13(17)18)19-14-10/h7-9H,3-6H2,1-2H3,(H,17,18). The molecule has 6 heteroatoms. The largest absolute Gasteiger partial charge is 0.475 e. The van der Waals surface area contributed by atoms with Gasteiger partial charge in [0.25, 0.3) is 5.91 Å². The maximum atomic E-state index is 12.2. The fraction of sp³-hybridized carbons (Fsp3) is 0.615. The summed E-state index contributed by atoms with van der Waals surface area (Å²) in [5, 5.41) is 12.3. The summed E-state index contributed by atoms with van der Waals surface area (Å²) >= 11 is 0. The summed E-state index contributed by atoms with van der Waals surface area (Å²) < 4.78 is 4.61. The van der Waals surface area contributed by atoms with Gasteiger partial charge >= 0.3 is 5.97 Å². The van der Waals surface area contributed by atoms with Crippen molar-refractivity contribution in [2.75, 3.05) is 7.05 Å². The van der Waals surface area contributed by atoms with Crippen LogP contribution < -0.4 is 0 Å². The van der Waals surface area contributed by atoms with Gasteiger partial charge in [-0.05, 0) is 18.8 Å². The molecular weight excluding hydrogens is 248 g/mol. The number of carboxylic acid groups (broad SMARTS) is 1. The molecule has 1 aliphatic rings. The van der Waals surface area contributed by atoms with Crippen molar-refractivity contribution in [2.24, 2.45) is 5.92 Å². The minimum Gasteiger partial charge on any atom is -0.475 e. The van der Waals surface area contributed by atoms with Gasteiger partial charge in [0.1, 0.15) is 0 Å². The highest BCUT2D eigenvalue weighted by Gasteiger charge is 2.28. The summed E-state index contributed by atoms with van der Waals surface area (Å²) in [6, 6.07) is 1.37. The number of aromatic carboxylic acids is 1. The molecule has 1 aliphatic carbocycles. The molecule has 1 aromatic rings. The molecule has 2 unspecified atom stereocenters. The summed E-state index contributed by atoms with van der Waals surface area (Å²) in [5.41, 5.74) is 0.0538. The Morgan fingerprint density at radius 1 is 1.47 bits per heavy atom. The van der Waals surface area contributed by atoms with Crippen LogP contribution >= 0.6 is 0 Å². The molecule has 1 N–H and O–H groups in total. The van der Waals surface area contributed by atoms with Gasteiger partial charge in [0.15, 0.2) is 5.69 Å². The average molecular weight is 266 g/mol. The summed E-state index contributed by atoms with van der Waals surface area (Å²) in [6.45, 7) is 2.18. The van der Waals surface area contributed by atoms with Crippen LogP contribution in [-0.2, 0) is 0 Å². The topological polar surface area (TPSA) is 83.6 Å². The molecule has 6 nitrogen and oxygen atoms in total. The Bertz CT molecular complexity index is 483. The van der Waals surface area contributed by atoms with Crippen LogP contribution in [0.4, 0.5) is 0 Å². The van der Waals surface area contributed by atoms with E-state index in [2.05, 4.69) is 16.6 Å². The van der Waals surface area contributed by atoms with Crippen LogP contribution in [0.25, 0.3) is 0 Å². The molecule has 2 atom stereocenters. The van der Waals surface area contributed by atoms with Crippen molar-refractivity contribution in [3.05, 3.63) is 17.5 Å². The van der Waals surface area contributed by atoms with E-state index in [0.29, 0.717) is 5.92 Å². The molecule has 1 aromatic heterocycles. The molecule has 0 aliphatic heterocycles. The molecule has 0 aromatic carbocycles. The van der Waals surface area contributed by atoms with Crippen LogP contribution in [0.3, 0.4) is 0 Å². The minimum absolute atomic E-state index is 0.0538. The first-order valence-corrected chi connectivity index (χ1v) is 6.46. The third-order valence-corrected chi connectivity index (χ3v) is 3.72. The van der Waals surface area contributed by atoms with E-state index < -0.39 is 5.97 Å². The van der Waals surface area contributed by atoms with Crippen molar-refractivity contribution < 1.29 is 19.2 Å². The fourth-order valence-electron chi connectivity index (χ4n) is 2.58. The number of nitrogens with zero attached hydrogens (tertiary/aromatic N) is 2.